The molecule has 2 atom stereocenters. The van der Waals surface area contributed by atoms with Crippen molar-refractivity contribution in [2.45, 2.75) is 19.9 Å². The van der Waals surface area contributed by atoms with Crippen LogP contribution in [-0.2, 0) is 11.3 Å². The highest BCUT2D eigenvalue weighted by Crippen LogP contribution is 2.39. The van der Waals surface area contributed by atoms with E-state index in [4.69, 9.17) is 0 Å². The summed E-state index contributed by atoms with van der Waals surface area (Å²) < 4.78 is 0. The fraction of sp³-hybridized carbons (Fsp3) is 0.450. The first kappa shape index (κ1) is 14.7. The molecule has 3 heteroatoms. The van der Waals surface area contributed by atoms with Gasteiger partial charge in [-0.25, -0.2) is 0 Å². The summed E-state index contributed by atoms with van der Waals surface area (Å²) in [5, 5.41) is 2.65. The van der Waals surface area contributed by atoms with Crippen molar-refractivity contribution in [2.24, 2.45) is 11.8 Å². The van der Waals surface area contributed by atoms with Gasteiger partial charge in [0.25, 0.3) is 0 Å². The molecule has 2 aliphatic rings. The van der Waals surface area contributed by atoms with Crippen molar-refractivity contribution in [3.8, 4) is 0 Å². The van der Waals surface area contributed by atoms with Crippen LogP contribution >= 0.6 is 0 Å². The van der Waals surface area contributed by atoms with Crippen LogP contribution in [0.3, 0.4) is 0 Å². The Hall–Kier alpha value is -1.87. The number of hydrogen-bond donors (Lipinski definition) is 0. The predicted molar refractivity (Wildman–Crippen MR) is 93.1 cm³/mol. The van der Waals surface area contributed by atoms with E-state index in [2.05, 4.69) is 59.2 Å². The average Bonchev–Trinajstić information content (AvgIpc) is 3.32. The second-order valence-corrected chi connectivity index (χ2v) is 7.06. The molecule has 1 heterocycles. The molecule has 0 aromatic heterocycles. The Morgan fingerprint density at radius 2 is 1.74 bits per heavy atom. The molecule has 1 aliphatic heterocycles. The largest absolute Gasteiger partial charge is 0.340 e. The third-order valence-electron chi connectivity index (χ3n) is 5.38. The summed E-state index contributed by atoms with van der Waals surface area (Å²) in [7, 11) is 0. The third-order valence-corrected chi connectivity index (χ3v) is 5.38. The zero-order valence-corrected chi connectivity index (χ0v) is 13.7. The normalized spacial score (nSPS) is 24.8. The van der Waals surface area contributed by atoms with Crippen molar-refractivity contribution in [3.63, 3.8) is 0 Å². The third kappa shape index (κ3) is 2.98. The quantitative estimate of drug-likeness (QED) is 0.869. The maximum absolute atomic E-state index is 12.3. The van der Waals surface area contributed by atoms with Crippen molar-refractivity contribution in [2.75, 3.05) is 26.2 Å². The van der Waals surface area contributed by atoms with Crippen molar-refractivity contribution in [3.05, 3.63) is 48.0 Å². The molecule has 0 spiro atoms. The lowest BCUT2D eigenvalue weighted by Gasteiger charge is -2.35. The maximum Gasteiger partial charge on any atom is 0.226 e. The summed E-state index contributed by atoms with van der Waals surface area (Å²) in [5.74, 6) is 1.32. The lowest BCUT2D eigenvalue weighted by atomic mass is 10.0. The lowest BCUT2D eigenvalue weighted by Crippen LogP contribution is -2.48. The summed E-state index contributed by atoms with van der Waals surface area (Å²) in [6.07, 6.45) is 1.09. The molecule has 0 bridgehead atoms. The van der Waals surface area contributed by atoms with Crippen LogP contribution in [0.1, 0.15) is 18.9 Å². The van der Waals surface area contributed by atoms with Crippen molar-refractivity contribution in [1.82, 2.24) is 9.80 Å². The lowest BCUT2D eigenvalue weighted by molar-refractivity contribution is -0.134. The van der Waals surface area contributed by atoms with Crippen LogP contribution in [0.15, 0.2) is 42.5 Å². The van der Waals surface area contributed by atoms with Gasteiger partial charge in [-0.1, -0.05) is 49.4 Å². The van der Waals surface area contributed by atoms with Crippen molar-refractivity contribution < 1.29 is 4.79 Å². The molecule has 1 aliphatic carbocycles. The van der Waals surface area contributed by atoms with Gasteiger partial charge in [-0.15, -0.1) is 0 Å². The number of piperazine rings is 1. The molecule has 23 heavy (non-hydrogen) atoms. The number of hydrogen-bond acceptors (Lipinski definition) is 2. The Labute approximate surface area is 137 Å². The molecule has 0 radical (unpaired) electrons. The van der Waals surface area contributed by atoms with E-state index in [0.29, 0.717) is 17.7 Å². The molecule has 2 aromatic carbocycles. The van der Waals surface area contributed by atoms with Gasteiger partial charge in [-0.3, -0.25) is 9.69 Å². The minimum atomic E-state index is 0.319. The summed E-state index contributed by atoms with van der Waals surface area (Å²) in [5.41, 5.74) is 1.39. The van der Waals surface area contributed by atoms with Gasteiger partial charge in [0, 0.05) is 38.6 Å². The molecular weight excluding hydrogens is 284 g/mol. The zero-order chi connectivity index (χ0) is 15.8. The van der Waals surface area contributed by atoms with E-state index in [-0.39, 0.29) is 0 Å². The average molecular weight is 308 g/mol. The Kier molecular flexibility index (Phi) is 3.82. The predicted octanol–water partition coefficient (Wildman–Crippen LogP) is 3.14. The van der Waals surface area contributed by atoms with Gasteiger partial charge in [0.1, 0.15) is 0 Å². The monoisotopic (exact) mass is 308 g/mol. The highest BCUT2D eigenvalue weighted by Gasteiger charge is 2.41. The highest BCUT2D eigenvalue weighted by atomic mass is 16.2. The Bertz CT molecular complexity index is 713. The second kappa shape index (κ2) is 5.97. The van der Waals surface area contributed by atoms with E-state index in [9.17, 15) is 4.79 Å². The van der Waals surface area contributed by atoms with Crippen LogP contribution in [0.5, 0.6) is 0 Å². The van der Waals surface area contributed by atoms with Crippen LogP contribution < -0.4 is 0 Å². The van der Waals surface area contributed by atoms with Crippen LogP contribution in [0.25, 0.3) is 10.8 Å². The van der Waals surface area contributed by atoms with Gasteiger partial charge >= 0.3 is 0 Å². The molecule has 2 aromatic rings. The molecule has 120 valence electrons. The Morgan fingerprint density at radius 1 is 1.04 bits per heavy atom. The first-order chi connectivity index (χ1) is 11.2. The van der Waals surface area contributed by atoms with Gasteiger partial charge in [-0.05, 0) is 28.7 Å². The minimum Gasteiger partial charge on any atom is -0.340 e. The fourth-order valence-corrected chi connectivity index (χ4v) is 3.70. The number of amides is 1. The molecule has 2 fully saturated rings. The molecule has 3 nitrogen and oxygen atoms in total. The van der Waals surface area contributed by atoms with Crippen LogP contribution in [0.4, 0.5) is 0 Å². The topological polar surface area (TPSA) is 23.6 Å². The standard InChI is InChI=1S/C20H24N2O/c1-15-13-19(15)20(23)22-11-9-21(10-12-22)14-17-7-4-6-16-5-2-3-8-18(16)17/h2-8,15,19H,9-14H2,1H3/t15-,19+/m0/s1. The zero-order valence-electron chi connectivity index (χ0n) is 13.7. The Morgan fingerprint density at radius 3 is 2.48 bits per heavy atom. The molecular formula is C20H24N2O. The molecule has 1 saturated heterocycles. The van der Waals surface area contributed by atoms with Crippen molar-refractivity contribution >= 4 is 16.7 Å². The number of nitrogens with zero attached hydrogens (tertiary/aromatic N) is 2. The highest BCUT2D eigenvalue weighted by molar-refractivity contribution is 5.85. The van der Waals surface area contributed by atoms with E-state index >= 15 is 0 Å². The van der Waals surface area contributed by atoms with Gasteiger partial charge in [-0.2, -0.15) is 0 Å². The van der Waals surface area contributed by atoms with Gasteiger partial charge in [0.15, 0.2) is 0 Å². The molecule has 1 saturated carbocycles. The Balaban J connectivity index is 1.40. The van der Waals surface area contributed by atoms with Gasteiger partial charge in [0.2, 0.25) is 5.91 Å². The SMILES string of the molecule is C[C@H]1C[C@H]1C(=O)N1CCN(Cc2cccc3ccccc23)CC1. The summed E-state index contributed by atoms with van der Waals surface area (Å²) >= 11 is 0. The van der Waals surface area contributed by atoms with Gasteiger partial charge < -0.3 is 4.90 Å². The fourth-order valence-electron chi connectivity index (χ4n) is 3.70. The molecule has 1 amide bonds. The first-order valence-corrected chi connectivity index (χ1v) is 8.70. The summed E-state index contributed by atoms with van der Waals surface area (Å²) in [6.45, 7) is 6.88. The van der Waals surface area contributed by atoms with Crippen molar-refractivity contribution in [1.29, 1.82) is 0 Å². The van der Waals surface area contributed by atoms with Crippen LogP contribution in [0.2, 0.25) is 0 Å². The minimum absolute atomic E-state index is 0.319. The smallest absolute Gasteiger partial charge is 0.226 e. The number of carbonyl (C=O) groups is 1. The number of benzene rings is 2. The number of fused-ring (bicyclic) bond motifs is 1. The second-order valence-electron chi connectivity index (χ2n) is 7.06. The maximum atomic E-state index is 12.3. The van der Waals surface area contributed by atoms with E-state index in [1.54, 1.807) is 0 Å². The van der Waals surface area contributed by atoms with E-state index in [1.807, 2.05) is 0 Å². The number of rotatable bonds is 3. The summed E-state index contributed by atoms with van der Waals surface area (Å²) in [4.78, 5) is 16.9. The van der Waals surface area contributed by atoms with Crippen LogP contribution in [-0.4, -0.2) is 41.9 Å². The molecule has 4 rings (SSSR count). The first-order valence-electron chi connectivity index (χ1n) is 8.70. The van der Waals surface area contributed by atoms with E-state index in [0.717, 1.165) is 39.1 Å². The van der Waals surface area contributed by atoms with Crippen LogP contribution in [0, 0.1) is 11.8 Å². The van der Waals surface area contributed by atoms with Gasteiger partial charge in [0.05, 0.1) is 0 Å². The van der Waals surface area contributed by atoms with E-state index in [1.165, 1.54) is 16.3 Å². The number of carbonyl (C=O) groups excluding carboxylic acids is 1. The molecule has 0 N–H and O–H groups in total. The molecule has 0 unspecified atom stereocenters. The summed E-state index contributed by atoms with van der Waals surface area (Å²) in [6, 6.07) is 15.1. The van der Waals surface area contributed by atoms with E-state index < -0.39 is 0 Å².